The topological polar surface area (TPSA) is 15.3 Å². The molecule has 0 unspecified atom stereocenters. The summed E-state index contributed by atoms with van der Waals surface area (Å²) in [6.45, 7) is 4.69. The third-order valence-corrected chi connectivity index (χ3v) is 4.72. The Balaban J connectivity index is 1.62. The van der Waals surface area contributed by atoms with Crippen LogP contribution in [0.5, 0.6) is 0 Å². The smallest absolute Gasteiger partial charge is 0.0294 e. The van der Waals surface area contributed by atoms with Crippen molar-refractivity contribution < 1.29 is 0 Å². The minimum Gasteiger partial charge on any atom is -0.307 e. The second kappa shape index (κ2) is 7.08. The van der Waals surface area contributed by atoms with Gasteiger partial charge in [0.05, 0.1) is 0 Å². The molecule has 22 heavy (non-hydrogen) atoms. The minimum atomic E-state index is 0.415. The maximum atomic E-state index is 3.79. The van der Waals surface area contributed by atoms with E-state index in [-0.39, 0.29) is 0 Å². The maximum absolute atomic E-state index is 3.79. The van der Waals surface area contributed by atoms with E-state index < -0.39 is 0 Å². The summed E-state index contributed by atoms with van der Waals surface area (Å²) in [5.41, 5.74) is 3.94. The predicted octanol–water partition coefficient (Wildman–Crippen LogP) is 4.10. The highest BCUT2D eigenvalue weighted by Gasteiger charge is 2.18. The third-order valence-electron chi connectivity index (χ3n) is 4.72. The van der Waals surface area contributed by atoms with Gasteiger partial charge in [-0.2, -0.15) is 0 Å². The molecule has 2 aromatic rings. The molecule has 0 spiro atoms. The summed E-state index contributed by atoms with van der Waals surface area (Å²) in [4.78, 5) is 2.41. The third kappa shape index (κ3) is 3.76. The molecule has 1 atom stereocenters. The van der Waals surface area contributed by atoms with Crippen molar-refractivity contribution in [2.45, 2.75) is 31.8 Å². The minimum absolute atomic E-state index is 0.415. The number of piperidine rings is 1. The van der Waals surface area contributed by atoms with E-state index in [4.69, 9.17) is 0 Å². The second-order valence-electron chi connectivity index (χ2n) is 6.45. The summed E-state index contributed by atoms with van der Waals surface area (Å²) < 4.78 is 0. The van der Waals surface area contributed by atoms with E-state index in [1.54, 1.807) is 0 Å². The zero-order valence-corrected chi connectivity index (χ0v) is 13.6. The normalized spacial score (nSPS) is 18.3. The molecule has 0 amide bonds. The molecular weight excluding hydrogens is 268 g/mol. The van der Waals surface area contributed by atoms with Crippen LogP contribution in [-0.2, 0) is 0 Å². The van der Waals surface area contributed by atoms with Gasteiger partial charge in [-0.1, -0.05) is 54.6 Å². The summed E-state index contributed by atoms with van der Waals surface area (Å²) in [6, 6.07) is 20.6. The monoisotopic (exact) mass is 294 g/mol. The zero-order valence-electron chi connectivity index (χ0n) is 13.6. The molecule has 1 aliphatic heterocycles. The lowest BCUT2D eigenvalue weighted by molar-refractivity contribution is 0.226. The molecule has 2 heteroatoms. The molecular formula is C20H26N2. The molecule has 2 aromatic carbocycles. The Bertz CT molecular complexity index is 568. The van der Waals surface area contributed by atoms with Crippen molar-refractivity contribution in [1.82, 2.24) is 10.2 Å². The van der Waals surface area contributed by atoms with Gasteiger partial charge in [0.2, 0.25) is 0 Å². The standard InChI is InChI=1S/C20H26N2/c1-16(21-20-12-14-22(2)15-13-20)17-8-10-19(11-9-17)18-6-4-3-5-7-18/h3-11,16,20-21H,12-15H2,1-2H3/t16-/m1/s1. The molecule has 1 aliphatic rings. The Hall–Kier alpha value is -1.64. The lowest BCUT2D eigenvalue weighted by Gasteiger charge is -2.31. The molecule has 0 bridgehead atoms. The molecule has 0 aromatic heterocycles. The van der Waals surface area contributed by atoms with Crippen LogP contribution in [0.15, 0.2) is 54.6 Å². The van der Waals surface area contributed by atoms with Crippen molar-refractivity contribution in [3.8, 4) is 11.1 Å². The quantitative estimate of drug-likeness (QED) is 0.913. The van der Waals surface area contributed by atoms with Crippen LogP contribution in [0.3, 0.4) is 0 Å². The summed E-state index contributed by atoms with van der Waals surface area (Å²) >= 11 is 0. The number of rotatable bonds is 4. The number of likely N-dealkylation sites (tertiary alicyclic amines) is 1. The molecule has 0 aliphatic carbocycles. The van der Waals surface area contributed by atoms with Gasteiger partial charge in [-0.15, -0.1) is 0 Å². The van der Waals surface area contributed by atoms with Gasteiger partial charge in [0.25, 0.3) is 0 Å². The molecule has 0 radical (unpaired) electrons. The number of hydrogen-bond donors (Lipinski definition) is 1. The first-order chi connectivity index (χ1) is 10.7. The Morgan fingerprint density at radius 1 is 0.909 bits per heavy atom. The number of nitrogens with zero attached hydrogens (tertiary/aromatic N) is 1. The van der Waals surface area contributed by atoms with Gasteiger partial charge in [-0.25, -0.2) is 0 Å². The van der Waals surface area contributed by atoms with Crippen LogP contribution in [-0.4, -0.2) is 31.1 Å². The van der Waals surface area contributed by atoms with E-state index in [2.05, 4.69) is 78.8 Å². The van der Waals surface area contributed by atoms with Crippen molar-refractivity contribution in [3.05, 3.63) is 60.2 Å². The summed E-state index contributed by atoms with van der Waals surface area (Å²) in [5.74, 6) is 0. The van der Waals surface area contributed by atoms with E-state index in [9.17, 15) is 0 Å². The number of hydrogen-bond acceptors (Lipinski definition) is 2. The molecule has 1 heterocycles. The van der Waals surface area contributed by atoms with Gasteiger partial charge in [-0.3, -0.25) is 0 Å². The highest BCUT2D eigenvalue weighted by atomic mass is 15.1. The molecule has 1 N–H and O–H groups in total. The Labute approximate surface area is 134 Å². The van der Waals surface area contributed by atoms with Gasteiger partial charge >= 0.3 is 0 Å². The van der Waals surface area contributed by atoms with Gasteiger partial charge < -0.3 is 10.2 Å². The lowest BCUT2D eigenvalue weighted by Crippen LogP contribution is -2.41. The van der Waals surface area contributed by atoms with Crippen LogP contribution >= 0.6 is 0 Å². The second-order valence-corrected chi connectivity index (χ2v) is 6.45. The van der Waals surface area contributed by atoms with Gasteiger partial charge in [0.15, 0.2) is 0 Å². The fourth-order valence-electron chi connectivity index (χ4n) is 3.22. The highest BCUT2D eigenvalue weighted by Crippen LogP contribution is 2.22. The van der Waals surface area contributed by atoms with Crippen LogP contribution < -0.4 is 5.32 Å². The first-order valence-corrected chi connectivity index (χ1v) is 8.32. The average Bonchev–Trinajstić information content (AvgIpc) is 2.58. The molecule has 116 valence electrons. The number of nitrogens with one attached hydrogen (secondary N) is 1. The van der Waals surface area contributed by atoms with Crippen LogP contribution in [0.1, 0.15) is 31.4 Å². The summed E-state index contributed by atoms with van der Waals surface area (Å²) in [6.07, 6.45) is 2.51. The average molecular weight is 294 g/mol. The van der Waals surface area contributed by atoms with Crippen LogP contribution in [0, 0.1) is 0 Å². The zero-order chi connectivity index (χ0) is 15.4. The SMILES string of the molecule is C[C@@H](NC1CCN(C)CC1)c1ccc(-c2ccccc2)cc1. The van der Waals surface area contributed by atoms with E-state index in [1.165, 1.54) is 42.6 Å². The van der Waals surface area contributed by atoms with Crippen LogP contribution in [0.25, 0.3) is 11.1 Å². The number of benzene rings is 2. The Morgan fingerprint density at radius 2 is 1.50 bits per heavy atom. The van der Waals surface area contributed by atoms with Crippen molar-refractivity contribution in [1.29, 1.82) is 0 Å². The van der Waals surface area contributed by atoms with Crippen LogP contribution in [0.2, 0.25) is 0 Å². The Morgan fingerprint density at radius 3 is 2.14 bits per heavy atom. The van der Waals surface area contributed by atoms with Gasteiger partial charge in [0, 0.05) is 12.1 Å². The molecule has 2 nitrogen and oxygen atoms in total. The first kappa shape index (κ1) is 15.3. The first-order valence-electron chi connectivity index (χ1n) is 8.32. The van der Waals surface area contributed by atoms with Gasteiger partial charge in [-0.05, 0) is 56.6 Å². The lowest BCUT2D eigenvalue weighted by atomic mass is 9.99. The van der Waals surface area contributed by atoms with E-state index in [0.29, 0.717) is 12.1 Å². The van der Waals surface area contributed by atoms with E-state index >= 15 is 0 Å². The van der Waals surface area contributed by atoms with E-state index in [1.807, 2.05) is 0 Å². The fraction of sp³-hybridized carbons (Fsp3) is 0.400. The van der Waals surface area contributed by atoms with E-state index in [0.717, 1.165) is 0 Å². The van der Waals surface area contributed by atoms with Crippen LogP contribution in [0.4, 0.5) is 0 Å². The summed E-state index contributed by atoms with van der Waals surface area (Å²) in [5, 5.41) is 3.79. The molecule has 0 saturated carbocycles. The Kier molecular flexibility index (Phi) is 4.91. The van der Waals surface area contributed by atoms with Gasteiger partial charge in [0.1, 0.15) is 0 Å². The molecule has 1 fully saturated rings. The van der Waals surface area contributed by atoms with Crippen molar-refractivity contribution in [2.24, 2.45) is 0 Å². The largest absolute Gasteiger partial charge is 0.307 e. The van der Waals surface area contributed by atoms with Crippen molar-refractivity contribution in [2.75, 3.05) is 20.1 Å². The highest BCUT2D eigenvalue weighted by molar-refractivity contribution is 5.63. The van der Waals surface area contributed by atoms with Crippen molar-refractivity contribution >= 4 is 0 Å². The maximum Gasteiger partial charge on any atom is 0.0294 e. The van der Waals surface area contributed by atoms with Crippen molar-refractivity contribution in [3.63, 3.8) is 0 Å². The fourth-order valence-corrected chi connectivity index (χ4v) is 3.22. The predicted molar refractivity (Wildman–Crippen MR) is 93.9 cm³/mol. The summed E-state index contributed by atoms with van der Waals surface area (Å²) in [7, 11) is 2.21. The molecule has 3 rings (SSSR count). The molecule has 1 saturated heterocycles.